The van der Waals surface area contributed by atoms with E-state index in [1.165, 1.54) is 28.5 Å². The van der Waals surface area contributed by atoms with E-state index < -0.39 is 0 Å². The zero-order valence-corrected chi connectivity index (χ0v) is 25.2. The molecule has 1 aliphatic heterocycles. The number of nitrogens with zero attached hydrogens (tertiary/aromatic N) is 4. The summed E-state index contributed by atoms with van der Waals surface area (Å²) in [7, 11) is 0. The molecule has 1 aromatic heterocycles. The number of nitrogens with one attached hydrogen (secondary N) is 1. The van der Waals surface area contributed by atoms with Crippen molar-refractivity contribution in [3.8, 4) is 0 Å². The van der Waals surface area contributed by atoms with Crippen molar-refractivity contribution < 1.29 is 4.79 Å². The van der Waals surface area contributed by atoms with Crippen LogP contribution < -0.4 is 10.2 Å². The number of rotatable bonds is 12. The molecule has 2 heterocycles. The summed E-state index contributed by atoms with van der Waals surface area (Å²) in [6, 6.07) is 33.0. The highest BCUT2D eigenvalue weighted by Crippen LogP contribution is 2.27. The molecule has 42 heavy (non-hydrogen) atoms. The molecule has 0 saturated carbocycles. The van der Waals surface area contributed by atoms with Gasteiger partial charge in [0, 0.05) is 51.3 Å². The molecular weight excluding hydrogens is 562 g/mol. The van der Waals surface area contributed by atoms with E-state index in [1.54, 1.807) is 0 Å². The van der Waals surface area contributed by atoms with E-state index in [0.717, 1.165) is 45.0 Å². The highest BCUT2D eigenvalue weighted by Gasteiger charge is 2.19. The maximum atomic E-state index is 12.7. The third-order valence-corrected chi connectivity index (χ3v) is 8.36. The van der Waals surface area contributed by atoms with Crippen LogP contribution in [0.1, 0.15) is 29.0 Å². The third-order valence-electron chi connectivity index (χ3n) is 7.32. The summed E-state index contributed by atoms with van der Waals surface area (Å²) in [5.74, 6) is 1.23. The molecule has 5 rings (SSSR count). The van der Waals surface area contributed by atoms with Crippen LogP contribution in [0, 0.1) is 0 Å². The molecule has 0 atom stereocenters. The lowest BCUT2D eigenvalue weighted by Gasteiger charge is -2.35. The molecule has 0 radical (unpaired) electrons. The van der Waals surface area contributed by atoms with Gasteiger partial charge in [0.1, 0.15) is 11.0 Å². The van der Waals surface area contributed by atoms with Crippen LogP contribution in [0.2, 0.25) is 5.15 Å². The molecule has 1 amide bonds. The minimum Gasteiger partial charge on any atom is -0.355 e. The van der Waals surface area contributed by atoms with Crippen LogP contribution in [0.3, 0.4) is 0 Å². The molecule has 0 spiro atoms. The van der Waals surface area contributed by atoms with Gasteiger partial charge in [-0.25, -0.2) is 9.97 Å². The number of benzene rings is 3. The Morgan fingerprint density at radius 1 is 0.881 bits per heavy atom. The van der Waals surface area contributed by atoms with Gasteiger partial charge in [-0.2, -0.15) is 0 Å². The second kappa shape index (κ2) is 15.5. The summed E-state index contributed by atoms with van der Waals surface area (Å²) in [5, 5.41) is 3.99. The second-order valence-corrected chi connectivity index (χ2v) is 11.6. The topological polar surface area (TPSA) is 61.4 Å². The van der Waals surface area contributed by atoms with Gasteiger partial charge >= 0.3 is 0 Å². The minimum absolute atomic E-state index is 0.0397. The normalized spacial score (nSPS) is 14.0. The fourth-order valence-corrected chi connectivity index (χ4v) is 6.02. The maximum Gasteiger partial charge on any atom is 0.230 e. The van der Waals surface area contributed by atoms with Crippen molar-refractivity contribution in [1.82, 2.24) is 20.2 Å². The number of carbonyl (C=O) groups excluding carboxylic acids is 1. The Hall–Kier alpha value is -3.65. The zero-order chi connectivity index (χ0) is 29.0. The predicted octanol–water partition coefficient (Wildman–Crippen LogP) is 6.40. The van der Waals surface area contributed by atoms with Crippen molar-refractivity contribution in [2.24, 2.45) is 0 Å². The van der Waals surface area contributed by atoms with Gasteiger partial charge in [-0.15, -0.1) is 0 Å². The van der Waals surface area contributed by atoms with Gasteiger partial charge in [0.25, 0.3) is 0 Å². The largest absolute Gasteiger partial charge is 0.355 e. The number of aromatic nitrogens is 2. The van der Waals surface area contributed by atoms with Crippen LogP contribution in [0.25, 0.3) is 6.08 Å². The van der Waals surface area contributed by atoms with Crippen molar-refractivity contribution >= 4 is 41.2 Å². The number of thioether (sulfide) groups is 1. The Bertz CT molecular complexity index is 1390. The summed E-state index contributed by atoms with van der Waals surface area (Å²) in [6.45, 7) is 5.11. The summed E-state index contributed by atoms with van der Waals surface area (Å²) in [6.07, 6.45) is 5.20. The second-order valence-electron chi connectivity index (χ2n) is 10.2. The summed E-state index contributed by atoms with van der Waals surface area (Å²) < 4.78 is 0. The summed E-state index contributed by atoms with van der Waals surface area (Å²) in [5.41, 5.74) is 3.71. The molecule has 4 aromatic rings. The Morgan fingerprint density at radius 3 is 2.14 bits per heavy atom. The number of halogens is 1. The number of hydrogen-bond donors (Lipinski definition) is 1. The molecule has 1 saturated heterocycles. The van der Waals surface area contributed by atoms with Gasteiger partial charge in [0.2, 0.25) is 5.91 Å². The van der Waals surface area contributed by atoms with Crippen LogP contribution in [0.15, 0.2) is 108 Å². The average molecular weight is 598 g/mol. The van der Waals surface area contributed by atoms with E-state index in [9.17, 15) is 4.79 Å². The summed E-state index contributed by atoms with van der Waals surface area (Å²) in [4.78, 5) is 26.5. The first-order valence-electron chi connectivity index (χ1n) is 14.4. The van der Waals surface area contributed by atoms with E-state index in [-0.39, 0.29) is 17.6 Å². The first-order chi connectivity index (χ1) is 20.6. The quantitative estimate of drug-likeness (QED) is 0.116. The van der Waals surface area contributed by atoms with Crippen molar-refractivity contribution in [2.75, 3.05) is 49.9 Å². The van der Waals surface area contributed by atoms with E-state index in [0.29, 0.717) is 16.9 Å². The molecular formula is C34H36ClN5OS. The highest BCUT2D eigenvalue weighted by molar-refractivity contribution is 7.99. The zero-order valence-electron chi connectivity index (χ0n) is 23.6. The highest BCUT2D eigenvalue weighted by atomic mass is 35.5. The molecule has 1 N–H and O–H groups in total. The standard InChI is InChI=1S/C34H36ClN5OS/c35-31-25-32(40-23-21-39(22-24-40)20-10-13-27-11-4-1-5-12-27)38-34(37-31)42-26-33(41)36-19-18-30(28-14-6-2-7-15-28)29-16-8-3-9-17-29/h1-17,25,30H,18-24,26H2,(H,36,41)/b13-10+. The third kappa shape index (κ3) is 8.92. The van der Waals surface area contributed by atoms with Gasteiger partial charge in [0.05, 0.1) is 5.75 Å². The first-order valence-corrected chi connectivity index (χ1v) is 15.7. The van der Waals surface area contributed by atoms with E-state index in [4.69, 9.17) is 16.6 Å². The molecule has 216 valence electrons. The van der Waals surface area contributed by atoms with Gasteiger partial charge in [-0.1, -0.05) is 127 Å². The Kier molecular flexibility index (Phi) is 11.0. The van der Waals surface area contributed by atoms with Crippen LogP contribution >= 0.6 is 23.4 Å². The molecule has 6 nitrogen and oxygen atoms in total. The summed E-state index contributed by atoms with van der Waals surface area (Å²) >= 11 is 7.68. The van der Waals surface area contributed by atoms with E-state index in [1.807, 2.05) is 24.3 Å². The van der Waals surface area contributed by atoms with E-state index in [2.05, 4.69) is 105 Å². The SMILES string of the molecule is O=C(CSc1nc(Cl)cc(N2CCN(C/C=C/c3ccccc3)CC2)n1)NCCC(c1ccccc1)c1ccccc1. The number of amides is 1. The van der Waals surface area contributed by atoms with Crippen molar-refractivity contribution in [3.63, 3.8) is 0 Å². The molecule has 0 aliphatic carbocycles. The first kappa shape index (κ1) is 29.8. The Balaban J connectivity index is 1.08. The van der Waals surface area contributed by atoms with Crippen molar-refractivity contribution in [2.45, 2.75) is 17.5 Å². The minimum atomic E-state index is -0.0397. The van der Waals surface area contributed by atoms with Gasteiger partial charge in [-0.05, 0) is 23.1 Å². The van der Waals surface area contributed by atoms with Gasteiger partial charge in [-0.3, -0.25) is 9.69 Å². The fraction of sp³-hybridized carbons (Fsp3) is 0.265. The van der Waals surface area contributed by atoms with Crippen LogP contribution in [0.5, 0.6) is 0 Å². The lowest BCUT2D eigenvalue weighted by Crippen LogP contribution is -2.46. The van der Waals surface area contributed by atoms with Crippen LogP contribution in [0.4, 0.5) is 5.82 Å². The molecule has 0 unspecified atom stereocenters. The van der Waals surface area contributed by atoms with Crippen LogP contribution in [-0.4, -0.2) is 65.8 Å². The molecule has 3 aromatic carbocycles. The fourth-order valence-electron chi connectivity index (χ4n) is 5.11. The lowest BCUT2D eigenvalue weighted by atomic mass is 9.88. The Morgan fingerprint density at radius 2 is 1.50 bits per heavy atom. The number of carbonyl (C=O) groups is 1. The van der Waals surface area contributed by atoms with Crippen molar-refractivity contribution in [1.29, 1.82) is 0 Å². The van der Waals surface area contributed by atoms with E-state index >= 15 is 0 Å². The Labute approximate surface area is 257 Å². The predicted molar refractivity (Wildman–Crippen MR) is 174 cm³/mol. The smallest absolute Gasteiger partial charge is 0.230 e. The maximum absolute atomic E-state index is 12.7. The molecule has 1 fully saturated rings. The lowest BCUT2D eigenvalue weighted by molar-refractivity contribution is -0.118. The average Bonchev–Trinajstić information content (AvgIpc) is 3.03. The molecule has 1 aliphatic rings. The van der Waals surface area contributed by atoms with Gasteiger partial charge in [0.15, 0.2) is 5.16 Å². The monoisotopic (exact) mass is 597 g/mol. The molecule has 0 bridgehead atoms. The van der Waals surface area contributed by atoms with Crippen LogP contribution in [-0.2, 0) is 4.79 Å². The number of piperazine rings is 1. The number of anilines is 1. The van der Waals surface area contributed by atoms with Crippen molar-refractivity contribution in [3.05, 3.63) is 125 Å². The van der Waals surface area contributed by atoms with Gasteiger partial charge < -0.3 is 10.2 Å². The number of hydrogen-bond acceptors (Lipinski definition) is 6. The molecule has 8 heteroatoms.